The summed E-state index contributed by atoms with van der Waals surface area (Å²) in [6.07, 6.45) is -0.270. The van der Waals surface area contributed by atoms with E-state index in [0.717, 1.165) is 11.8 Å². The molecule has 18 heteroatoms. The van der Waals surface area contributed by atoms with E-state index in [2.05, 4.69) is 31.6 Å². The molecule has 0 aromatic rings. The Morgan fingerprint density at radius 2 is 1.51 bits per heavy atom. The summed E-state index contributed by atoms with van der Waals surface area (Å²) in [5.41, 5.74) is 10.5. The number of carboxylic acid groups (broad SMARTS) is 2. The SMILES string of the molecule is CC[C@H]1SC[C@@H](C(=O)O)NC(=O)[C@H](CC(=O)O)NC(=O)CNC(=O)[C@H](CCCN=C(N)N)NC(=O)CNC1=O. The van der Waals surface area contributed by atoms with Crippen molar-refractivity contribution in [2.45, 2.75) is 56.0 Å². The van der Waals surface area contributed by atoms with E-state index in [9.17, 15) is 38.7 Å². The lowest BCUT2D eigenvalue weighted by molar-refractivity contribution is -0.143. The van der Waals surface area contributed by atoms with Gasteiger partial charge < -0.3 is 48.3 Å². The van der Waals surface area contributed by atoms with Gasteiger partial charge in [0, 0.05) is 12.3 Å². The smallest absolute Gasteiger partial charge is 0.327 e. The molecule has 11 N–H and O–H groups in total. The van der Waals surface area contributed by atoms with Gasteiger partial charge in [-0.05, 0) is 19.3 Å². The van der Waals surface area contributed by atoms with Crippen LogP contribution in [-0.2, 0) is 33.6 Å². The number of nitrogens with zero attached hydrogens (tertiary/aromatic N) is 1. The molecule has 1 aliphatic rings. The number of aliphatic carboxylic acids is 2. The summed E-state index contributed by atoms with van der Waals surface area (Å²) in [6, 6.07) is -4.31. The van der Waals surface area contributed by atoms with Gasteiger partial charge in [-0.15, -0.1) is 11.8 Å². The van der Waals surface area contributed by atoms with Gasteiger partial charge in [-0.25, -0.2) is 4.79 Å². The molecule has 0 aromatic heterocycles. The number of hydrogen-bond acceptors (Lipinski definition) is 9. The number of guanidine groups is 1. The highest BCUT2D eigenvalue weighted by Gasteiger charge is 2.30. The number of carboxylic acids is 2. The number of thioether (sulfide) groups is 1. The molecule has 0 spiro atoms. The number of rotatable bonds is 8. The van der Waals surface area contributed by atoms with Gasteiger partial charge in [0.25, 0.3) is 0 Å². The zero-order chi connectivity index (χ0) is 29.5. The lowest BCUT2D eigenvalue weighted by Crippen LogP contribution is -2.56. The Bertz CT molecular complexity index is 973. The van der Waals surface area contributed by atoms with Crippen molar-refractivity contribution in [2.75, 3.05) is 25.4 Å². The number of hydrogen-bond donors (Lipinski definition) is 9. The van der Waals surface area contributed by atoms with Crippen LogP contribution in [0.5, 0.6) is 0 Å². The van der Waals surface area contributed by atoms with Crippen LogP contribution in [0, 0.1) is 0 Å². The second-order valence-electron chi connectivity index (χ2n) is 8.35. The van der Waals surface area contributed by atoms with Gasteiger partial charge >= 0.3 is 11.9 Å². The van der Waals surface area contributed by atoms with Crippen LogP contribution in [0.1, 0.15) is 32.6 Å². The number of nitrogens with two attached hydrogens (primary N) is 2. The van der Waals surface area contributed by atoms with E-state index in [1.54, 1.807) is 6.92 Å². The molecule has 5 amide bonds. The predicted octanol–water partition coefficient (Wildman–Crippen LogP) is -4.19. The topological polar surface area (TPSA) is 284 Å². The molecule has 1 fully saturated rings. The number of aliphatic imine (C=N–C) groups is 1. The third kappa shape index (κ3) is 12.8. The first kappa shape index (κ1) is 32.9. The van der Waals surface area contributed by atoms with Gasteiger partial charge in [0.05, 0.1) is 24.8 Å². The van der Waals surface area contributed by atoms with E-state index in [0.29, 0.717) is 0 Å². The Balaban J connectivity index is 3.17. The zero-order valence-electron chi connectivity index (χ0n) is 21.2. The molecule has 0 radical (unpaired) electrons. The fraction of sp³-hybridized carbons (Fsp3) is 0.619. The molecule has 0 aliphatic carbocycles. The molecule has 0 unspecified atom stereocenters. The lowest BCUT2D eigenvalue weighted by Gasteiger charge is -2.23. The Hall–Kier alpha value is -4.09. The largest absolute Gasteiger partial charge is 0.481 e. The highest BCUT2D eigenvalue weighted by Crippen LogP contribution is 2.16. The minimum Gasteiger partial charge on any atom is -0.481 e. The van der Waals surface area contributed by atoms with Crippen molar-refractivity contribution in [3.05, 3.63) is 0 Å². The summed E-state index contributed by atoms with van der Waals surface area (Å²) >= 11 is 0.905. The summed E-state index contributed by atoms with van der Waals surface area (Å²) in [7, 11) is 0. The molecule has 17 nitrogen and oxygen atoms in total. The minimum atomic E-state index is -1.65. The molecular weight excluding hydrogens is 540 g/mol. The molecular formula is C21H34N8O9S. The van der Waals surface area contributed by atoms with Crippen LogP contribution in [0.2, 0.25) is 0 Å². The van der Waals surface area contributed by atoms with Crippen molar-refractivity contribution in [3.8, 4) is 0 Å². The maximum Gasteiger partial charge on any atom is 0.327 e. The standard InChI is InChI=1S/C21H34N8O9S/c1-2-13-19(36)26-8-14(30)27-10(4-3-5-24-21(22)23)17(34)25-7-15(31)28-11(6-16(32)33)18(35)29-12(9-39-13)20(37)38/h10-13H,2-9H2,1H3,(H,25,34)(H,26,36)(H,27,30)(H,28,31)(H,29,35)(H,32,33)(H,37,38)(H4,22,23,24)/t10-,11-,12-,13+/m0/s1. The van der Waals surface area contributed by atoms with Crippen LogP contribution in [-0.4, -0.2) is 106 Å². The average molecular weight is 575 g/mol. The Kier molecular flexibility index (Phi) is 14.1. The maximum absolute atomic E-state index is 12.7. The third-order valence-corrected chi connectivity index (χ3v) is 6.69. The summed E-state index contributed by atoms with van der Waals surface area (Å²) in [4.78, 5) is 89.5. The van der Waals surface area contributed by atoms with Gasteiger partial charge in [0.1, 0.15) is 18.1 Å². The van der Waals surface area contributed by atoms with E-state index < -0.39 is 84.4 Å². The molecule has 1 aliphatic heterocycles. The van der Waals surface area contributed by atoms with Crippen LogP contribution in [0.15, 0.2) is 4.99 Å². The summed E-state index contributed by atoms with van der Waals surface area (Å²) in [5, 5.41) is 29.3. The normalized spacial score (nSPS) is 24.0. The number of carbonyl (C=O) groups excluding carboxylic acids is 5. The molecule has 1 heterocycles. The fourth-order valence-corrected chi connectivity index (χ4v) is 4.38. The zero-order valence-corrected chi connectivity index (χ0v) is 22.0. The van der Waals surface area contributed by atoms with Crippen LogP contribution in [0.3, 0.4) is 0 Å². The molecule has 1 rings (SSSR count). The quantitative estimate of drug-likeness (QED) is 0.0758. The summed E-state index contributed by atoms with van der Waals surface area (Å²) < 4.78 is 0. The number of nitrogens with one attached hydrogen (secondary N) is 5. The van der Waals surface area contributed by atoms with Crippen molar-refractivity contribution in [1.82, 2.24) is 26.6 Å². The lowest BCUT2D eigenvalue weighted by atomic mass is 10.1. The van der Waals surface area contributed by atoms with Gasteiger partial charge in [0.2, 0.25) is 29.5 Å². The average Bonchev–Trinajstić information content (AvgIpc) is 2.85. The minimum absolute atomic E-state index is 0.0674. The van der Waals surface area contributed by atoms with Crippen molar-refractivity contribution >= 4 is 59.2 Å². The molecule has 1 saturated heterocycles. The van der Waals surface area contributed by atoms with Gasteiger partial charge in [-0.2, -0.15) is 0 Å². The first-order valence-corrected chi connectivity index (χ1v) is 12.9. The number of amides is 5. The molecule has 0 bridgehead atoms. The van der Waals surface area contributed by atoms with Gasteiger partial charge in [-0.3, -0.25) is 33.8 Å². The first-order valence-electron chi connectivity index (χ1n) is 11.9. The van der Waals surface area contributed by atoms with Crippen molar-refractivity contribution < 1.29 is 43.8 Å². The monoisotopic (exact) mass is 574 g/mol. The van der Waals surface area contributed by atoms with Crippen molar-refractivity contribution in [1.29, 1.82) is 0 Å². The van der Waals surface area contributed by atoms with Crippen molar-refractivity contribution in [2.24, 2.45) is 16.5 Å². The van der Waals surface area contributed by atoms with E-state index in [1.165, 1.54) is 0 Å². The highest BCUT2D eigenvalue weighted by molar-refractivity contribution is 8.00. The van der Waals surface area contributed by atoms with Gasteiger partial charge in [0.15, 0.2) is 5.96 Å². The maximum atomic E-state index is 12.7. The van der Waals surface area contributed by atoms with Gasteiger partial charge in [-0.1, -0.05) is 6.92 Å². The van der Waals surface area contributed by atoms with Crippen molar-refractivity contribution in [3.63, 3.8) is 0 Å². The van der Waals surface area contributed by atoms with E-state index in [4.69, 9.17) is 16.6 Å². The summed E-state index contributed by atoms with van der Waals surface area (Å²) in [6.45, 7) is 0.643. The molecule has 39 heavy (non-hydrogen) atoms. The second-order valence-corrected chi connectivity index (χ2v) is 9.59. The second kappa shape index (κ2) is 16.7. The van der Waals surface area contributed by atoms with Crippen LogP contribution >= 0.6 is 11.8 Å². The Labute approximate surface area is 227 Å². The van der Waals surface area contributed by atoms with Crippen LogP contribution in [0.4, 0.5) is 0 Å². The fourth-order valence-electron chi connectivity index (χ4n) is 3.26. The molecule has 0 saturated carbocycles. The van der Waals surface area contributed by atoms with Crippen LogP contribution in [0.25, 0.3) is 0 Å². The van der Waals surface area contributed by atoms with E-state index in [-0.39, 0.29) is 37.5 Å². The number of carbonyl (C=O) groups is 7. The predicted molar refractivity (Wildman–Crippen MR) is 138 cm³/mol. The molecule has 218 valence electrons. The third-order valence-electron chi connectivity index (χ3n) is 5.22. The first-order chi connectivity index (χ1) is 18.3. The molecule has 4 atom stereocenters. The highest BCUT2D eigenvalue weighted by atomic mass is 32.2. The van der Waals surface area contributed by atoms with E-state index >= 15 is 0 Å². The van der Waals surface area contributed by atoms with Crippen LogP contribution < -0.4 is 38.1 Å². The summed E-state index contributed by atoms with van der Waals surface area (Å²) in [5.74, 6) is -7.38. The Morgan fingerprint density at radius 1 is 0.923 bits per heavy atom. The van der Waals surface area contributed by atoms with E-state index in [1.807, 2.05) is 0 Å². The Morgan fingerprint density at radius 3 is 2.05 bits per heavy atom. The molecule has 0 aromatic carbocycles.